The number of hydrogen-bond acceptors (Lipinski definition) is 5. The molecule has 9 heteroatoms. The van der Waals surface area contributed by atoms with Crippen LogP contribution in [0.1, 0.15) is 53.4 Å². The number of carboxylic acid groups (broad SMARTS) is 1. The van der Waals surface area contributed by atoms with E-state index in [4.69, 9.17) is 26.0 Å². The van der Waals surface area contributed by atoms with Gasteiger partial charge in [0.1, 0.15) is 11.0 Å². The van der Waals surface area contributed by atoms with Gasteiger partial charge in [0.25, 0.3) is 0 Å². The average Bonchev–Trinajstić information content (AvgIpc) is 2.76. The SMILES string of the molecule is CC1(C)OB(c2cc(Cl)nc(N[C@H]3CC[C@H](NC(=O)O)CC3)c2)OC1(C)C. The van der Waals surface area contributed by atoms with Gasteiger partial charge in [-0.1, -0.05) is 11.6 Å². The van der Waals surface area contributed by atoms with Crippen LogP contribution in [0.3, 0.4) is 0 Å². The molecule has 0 radical (unpaired) electrons. The second-order valence-corrected chi connectivity index (χ2v) is 8.73. The van der Waals surface area contributed by atoms with Gasteiger partial charge in [0.15, 0.2) is 0 Å². The topological polar surface area (TPSA) is 92.7 Å². The van der Waals surface area contributed by atoms with Crippen LogP contribution in [0.2, 0.25) is 5.15 Å². The molecule has 1 aromatic rings. The molecule has 0 atom stereocenters. The lowest BCUT2D eigenvalue weighted by Crippen LogP contribution is -2.41. The molecule has 0 bridgehead atoms. The van der Waals surface area contributed by atoms with Crippen LogP contribution >= 0.6 is 11.6 Å². The first kappa shape index (κ1) is 20.2. The molecular weight excluding hydrogens is 368 g/mol. The van der Waals surface area contributed by atoms with E-state index in [1.165, 1.54) is 0 Å². The van der Waals surface area contributed by atoms with Crippen LogP contribution in [0.4, 0.5) is 10.6 Å². The van der Waals surface area contributed by atoms with Crippen LogP contribution in [-0.2, 0) is 9.31 Å². The summed E-state index contributed by atoms with van der Waals surface area (Å²) < 4.78 is 12.2. The van der Waals surface area contributed by atoms with E-state index in [9.17, 15) is 4.79 Å². The van der Waals surface area contributed by atoms with E-state index >= 15 is 0 Å². The quantitative estimate of drug-likeness (QED) is 0.536. The number of anilines is 1. The summed E-state index contributed by atoms with van der Waals surface area (Å²) >= 11 is 6.23. The van der Waals surface area contributed by atoms with Crippen LogP contribution < -0.4 is 16.1 Å². The number of nitrogens with one attached hydrogen (secondary N) is 2. The van der Waals surface area contributed by atoms with Crippen molar-refractivity contribution in [3.05, 3.63) is 17.3 Å². The third-order valence-electron chi connectivity index (χ3n) is 5.75. The van der Waals surface area contributed by atoms with Crippen LogP contribution in [0.15, 0.2) is 12.1 Å². The van der Waals surface area contributed by atoms with Gasteiger partial charge < -0.3 is 25.0 Å². The van der Waals surface area contributed by atoms with Crippen molar-refractivity contribution in [1.29, 1.82) is 0 Å². The fraction of sp³-hybridized carbons (Fsp3) is 0.667. The normalized spacial score (nSPS) is 26.6. The van der Waals surface area contributed by atoms with Gasteiger partial charge in [-0.25, -0.2) is 9.78 Å². The lowest BCUT2D eigenvalue weighted by Gasteiger charge is -2.32. The van der Waals surface area contributed by atoms with Crippen molar-refractivity contribution in [2.45, 2.75) is 76.7 Å². The summed E-state index contributed by atoms with van der Waals surface area (Å²) in [6, 6.07) is 3.93. The molecule has 1 aromatic heterocycles. The van der Waals surface area contributed by atoms with Crippen molar-refractivity contribution in [3.8, 4) is 0 Å². The Bertz CT molecular complexity index is 692. The summed E-state index contributed by atoms with van der Waals surface area (Å²) in [6.07, 6.45) is 2.37. The summed E-state index contributed by atoms with van der Waals surface area (Å²) in [4.78, 5) is 15.1. The minimum Gasteiger partial charge on any atom is -0.465 e. The zero-order valence-corrected chi connectivity index (χ0v) is 17.0. The van der Waals surface area contributed by atoms with Crippen molar-refractivity contribution in [2.24, 2.45) is 0 Å². The van der Waals surface area contributed by atoms with Gasteiger partial charge in [-0.2, -0.15) is 0 Å². The molecule has 0 spiro atoms. The van der Waals surface area contributed by atoms with Gasteiger partial charge in [0, 0.05) is 12.1 Å². The van der Waals surface area contributed by atoms with E-state index in [1.54, 1.807) is 6.07 Å². The van der Waals surface area contributed by atoms with E-state index in [2.05, 4.69) is 15.6 Å². The number of pyridine rings is 1. The van der Waals surface area contributed by atoms with Gasteiger partial charge in [0.2, 0.25) is 0 Å². The fourth-order valence-electron chi connectivity index (χ4n) is 3.47. The van der Waals surface area contributed by atoms with E-state index < -0.39 is 24.4 Å². The number of aromatic nitrogens is 1. The molecule has 1 saturated carbocycles. The maximum Gasteiger partial charge on any atom is 0.495 e. The monoisotopic (exact) mass is 395 g/mol. The first-order valence-electron chi connectivity index (χ1n) is 9.35. The van der Waals surface area contributed by atoms with E-state index in [1.807, 2.05) is 33.8 Å². The molecule has 2 fully saturated rings. The molecule has 1 aliphatic heterocycles. The highest BCUT2D eigenvalue weighted by molar-refractivity contribution is 6.62. The van der Waals surface area contributed by atoms with Gasteiger partial charge in [-0.05, 0) is 71.0 Å². The van der Waals surface area contributed by atoms with Gasteiger partial charge in [-0.3, -0.25) is 0 Å². The zero-order valence-electron chi connectivity index (χ0n) is 16.2. The van der Waals surface area contributed by atoms with Crippen LogP contribution in [0, 0.1) is 0 Å². The number of hydrogen-bond donors (Lipinski definition) is 3. The Morgan fingerprint density at radius 2 is 1.70 bits per heavy atom. The maximum atomic E-state index is 10.8. The smallest absolute Gasteiger partial charge is 0.465 e. The van der Waals surface area contributed by atoms with Gasteiger partial charge in [0.05, 0.1) is 11.2 Å². The second-order valence-electron chi connectivity index (χ2n) is 8.34. The molecule has 7 nitrogen and oxygen atoms in total. The highest BCUT2D eigenvalue weighted by Gasteiger charge is 2.51. The zero-order chi connectivity index (χ0) is 19.8. The Morgan fingerprint density at radius 1 is 1.15 bits per heavy atom. The number of halogens is 1. The first-order chi connectivity index (χ1) is 12.6. The van der Waals surface area contributed by atoms with Crippen LogP contribution in [0.5, 0.6) is 0 Å². The number of carbonyl (C=O) groups is 1. The molecule has 0 aromatic carbocycles. The minimum absolute atomic E-state index is 0.0215. The molecule has 27 heavy (non-hydrogen) atoms. The maximum absolute atomic E-state index is 10.8. The lowest BCUT2D eigenvalue weighted by atomic mass is 9.79. The molecule has 3 N–H and O–H groups in total. The van der Waals surface area contributed by atoms with E-state index in [0.717, 1.165) is 31.1 Å². The predicted molar refractivity (Wildman–Crippen MR) is 106 cm³/mol. The summed E-state index contributed by atoms with van der Waals surface area (Å²) in [6.45, 7) is 8.05. The molecule has 2 aliphatic rings. The summed E-state index contributed by atoms with van der Waals surface area (Å²) in [5.74, 6) is 0.682. The molecule has 2 heterocycles. The largest absolute Gasteiger partial charge is 0.495 e. The molecule has 148 valence electrons. The number of rotatable bonds is 4. The number of nitrogens with zero attached hydrogens (tertiary/aromatic N) is 1. The molecule has 1 saturated heterocycles. The van der Waals surface area contributed by atoms with Gasteiger partial charge >= 0.3 is 13.2 Å². The molecule has 1 amide bonds. The Morgan fingerprint density at radius 3 is 2.26 bits per heavy atom. The Kier molecular flexibility index (Phi) is 5.61. The summed E-state index contributed by atoms with van der Waals surface area (Å²) in [5, 5.41) is 15.2. The molecule has 3 rings (SSSR count). The Hall–Kier alpha value is -1.51. The van der Waals surface area contributed by atoms with Crippen molar-refractivity contribution in [2.75, 3.05) is 5.32 Å². The third-order valence-corrected chi connectivity index (χ3v) is 5.94. The molecule has 0 unspecified atom stereocenters. The average molecular weight is 396 g/mol. The highest BCUT2D eigenvalue weighted by atomic mass is 35.5. The number of amides is 1. The minimum atomic E-state index is -0.963. The Labute approximate surface area is 165 Å². The standard InChI is InChI=1S/C18H27BClN3O4/c1-17(2)18(3,4)27-19(26-17)11-9-14(20)23-15(10-11)21-12-5-7-13(8-6-12)22-16(24)25/h9-10,12-13,22H,5-8H2,1-4H3,(H,21,23)(H,24,25)/t12-,13-. The summed E-state index contributed by atoms with van der Waals surface area (Å²) in [5.41, 5.74) is -0.00932. The van der Waals surface area contributed by atoms with Crippen LogP contribution in [0.25, 0.3) is 0 Å². The highest BCUT2D eigenvalue weighted by Crippen LogP contribution is 2.36. The Balaban J connectivity index is 1.66. The fourth-order valence-corrected chi connectivity index (χ4v) is 3.69. The molecular formula is C18H27BClN3O4. The van der Waals surface area contributed by atoms with Crippen molar-refractivity contribution < 1.29 is 19.2 Å². The van der Waals surface area contributed by atoms with E-state index in [0.29, 0.717) is 11.0 Å². The predicted octanol–water partition coefficient (Wildman–Crippen LogP) is 3.02. The molecule has 1 aliphatic carbocycles. The van der Waals surface area contributed by atoms with Crippen molar-refractivity contribution >= 4 is 36.1 Å². The second kappa shape index (κ2) is 7.49. The summed E-state index contributed by atoms with van der Waals surface area (Å²) in [7, 11) is -0.494. The van der Waals surface area contributed by atoms with Gasteiger partial charge in [-0.15, -0.1) is 0 Å². The van der Waals surface area contributed by atoms with Crippen molar-refractivity contribution in [3.63, 3.8) is 0 Å². The van der Waals surface area contributed by atoms with Crippen LogP contribution in [-0.4, -0.2) is 46.6 Å². The third kappa shape index (κ3) is 4.67. The first-order valence-corrected chi connectivity index (χ1v) is 9.73. The lowest BCUT2D eigenvalue weighted by molar-refractivity contribution is 0.00578. The van der Waals surface area contributed by atoms with Crippen molar-refractivity contribution in [1.82, 2.24) is 10.3 Å². The van der Waals surface area contributed by atoms with E-state index in [-0.39, 0.29) is 12.1 Å².